The fraction of sp³-hybridized carbons (Fsp3) is 0.500. The quantitative estimate of drug-likeness (QED) is 0.817. The van der Waals surface area contributed by atoms with Crippen molar-refractivity contribution < 1.29 is 9.53 Å². The molecule has 0 aromatic heterocycles. The van der Waals surface area contributed by atoms with E-state index in [4.69, 9.17) is 4.74 Å². The van der Waals surface area contributed by atoms with Gasteiger partial charge in [-0.3, -0.25) is 4.79 Å². The summed E-state index contributed by atoms with van der Waals surface area (Å²) in [6.07, 6.45) is 0.656. The summed E-state index contributed by atoms with van der Waals surface area (Å²) >= 11 is 0. The Morgan fingerprint density at radius 2 is 1.82 bits per heavy atom. The number of hydrogen-bond donors (Lipinski definition) is 1. The molecule has 0 saturated heterocycles. The van der Waals surface area contributed by atoms with Gasteiger partial charge in [0, 0.05) is 0 Å². The number of carbonyl (C=O) groups excluding carboxylic acids is 1. The van der Waals surface area contributed by atoms with Crippen molar-refractivity contribution >= 4 is 5.97 Å². The molecule has 96 valence electrons. The molecule has 0 spiro atoms. The standard InChI is InChI=1S/C12H17NO2.C2H6/c1-9-4-6-10(7-5-9)8-11(13-2)12(14)15-3;1-2/h4-7,11,13H,8H2,1-3H3;1-2H3. The molecule has 0 fully saturated rings. The normalized spacial score (nSPS) is 11.1. The molecular weight excluding hydrogens is 214 g/mol. The number of likely N-dealkylation sites (N-methyl/N-ethyl adjacent to an activating group) is 1. The van der Waals surface area contributed by atoms with Gasteiger partial charge in [-0.25, -0.2) is 0 Å². The van der Waals surface area contributed by atoms with Crippen molar-refractivity contribution in [2.45, 2.75) is 33.2 Å². The third-order valence-corrected chi connectivity index (χ3v) is 2.39. The molecule has 1 atom stereocenters. The van der Waals surface area contributed by atoms with E-state index in [1.165, 1.54) is 12.7 Å². The highest BCUT2D eigenvalue weighted by atomic mass is 16.5. The number of aryl methyl sites for hydroxylation is 1. The fourth-order valence-corrected chi connectivity index (χ4v) is 1.41. The van der Waals surface area contributed by atoms with Crippen LogP contribution >= 0.6 is 0 Å². The third kappa shape index (κ3) is 5.50. The molecule has 1 rings (SSSR count). The van der Waals surface area contributed by atoms with E-state index in [-0.39, 0.29) is 12.0 Å². The lowest BCUT2D eigenvalue weighted by Gasteiger charge is -2.13. The van der Waals surface area contributed by atoms with Crippen molar-refractivity contribution in [1.82, 2.24) is 5.32 Å². The van der Waals surface area contributed by atoms with E-state index in [1.807, 2.05) is 45.0 Å². The zero-order valence-corrected chi connectivity index (χ0v) is 11.4. The van der Waals surface area contributed by atoms with E-state index in [9.17, 15) is 4.79 Å². The maximum Gasteiger partial charge on any atom is 0.323 e. The van der Waals surface area contributed by atoms with Crippen LogP contribution in [-0.2, 0) is 16.0 Å². The van der Waals surface area contributed by atoms with E-state index in [0.717, 1.165) is 5.56 Å². The summed E-state index contributed by atoms with van der Waals surface area (Å²) < 4.78 is 4.70. The minimum Gasteiger partial charge on any atom is -0.468 e. The van der Waals surface area contributed by atoms with Gasteiger partial charge in [0.15, 0.2) is 0 Å². The topological polar surface area (TPSA) is 38.3 Å². The van der Waals surface area contributed by atoms with Crippen molar-refractivity contribution in [2.24, 2.45) is 0 Å². The molecular formula is C14H23NO2. The second-order valence-electron chi connectivity index (χ2n) is 3.55. The fourth-order valence-electron chi connectivity index (χ4n) is 1.41. The van der Waals surface area contributed by atoms with Gasteiger partial charge in [-0.15, -0.1) is 0 Å². The number of methoxy groups -OCH3 is 1. The first-order valence-electron chi connectivity index (χ1n) is 5.98. The Kier molecular flexibility index (Phi) is 8.07. The molecule has 1 aromatic carbocycles. The maximum atomic E-state index is 11.3. The first kappa shape index (κ1) is 15.7. The first-order chi connectivity index (χ1) is 8.17. The van der Waals surface area contributed by atoms with E-state index in [0.29, 0.717) is 6.42 Å². The number of benzene rings is 1. The van der Waals surface area contributed by atoms with Crippen molar-refractivity contribution in [3.63, 3.8) is 0 Å². The van der Waals surface area contributed by atoms with Gasteiger partial charge in [0.05, 0.1) is 7.11 Å². The van der Waals surface area contributed by atoms with Crippen molar-refractivity contribution in [1.29, 1.82) is 0 Å². The Hall–Kier alpha value is -1.35. The lowest BCUT2D eigenvalue weighted by Crippen LogP contribution is -2.36. The summed E-state index contributed by atoms with van der Waals surface area (Å²) in [4.78, 5) is 11.3. The zero-order chi connectivity index (χ0) is 13.3. The van der Waals surface area contributed by atoms with Crippen LogP contribution in [0, 0.1) is 6.92 Å². The molecule has 17 heavy (non-hydrogen) atoms. The van der Waals surface area contributed by atoms with Crippen molar-refractivity contribution in [2.75, 3.05) is 14.2 Å². The van der Waals surface area contributed by atoms with Gasteiger partial charge in [0.25, 0.3) is 0 Å². The molecule has 1 aromatic rings. The lowest BCUT2D eigenvalue weighted by molar-refractivity contribution is -0.142. The van der Waals surface area contributed by atoms with Crippen molar-refractivity contribution in [3.05, 3.63) is 35.4 Å². The van der Waals surface area contributed by atoms with Gasteiger partial charge < -0.3 is 10.1 Å². The van der Waals surface area contributed by atoms with Crippen LogP contribution in [0.2, 0.25) is 0 Å². The van der Waals surface area contributed by atoms with Crippen LogP contribution in [0.4, 0.5) is 0 Å². The van der Waals surface area contributed by atoms with Gasteiger partial charge >= 0.3 is 5.97 Å². The van der Waals surface area contributed by atoms with Crippen LogP contribution in [0.1, 0.15) is 25.0 Å². The number of ether oxygens (including phenoxy) is 1. The molecule has 0 bridgehead atoms. The molecule has 3 nitrogen and oxygen atoms in total. The number of carbonyl (C=O) groups is 1. The van der Waals surface area contributed by atoms with E-state index >= 15 is 0 Å². The SMILES string of the molecule is CC.CNC(Cc1ccc(C)cc1)C(=O)OC. The second-order valence-corrected chi connectivity index (χ2v) is 3.55. The summed E-state index contributed by atoms with van der Waals surface area (Å²) in [7, 11) is 3.16. The van der Waals surface area contributed by atoms with Crippen LogP contribution in [0.25, 0.3) is 0 Å². The van der Waals surface area contributed by atoms with Crippen molar-refractivity contribution in [3.8, 4) is 0 Å². The Labute approximate surface area is 104 Å². The molecule has 1 unspecified atom stereocenters. The van der Waals surface area contributed by atoms with Gasteiger partial charge in [0.2, 0.25) is 0 Å². The van der Waals surface area contributed by atoms with Gasteiger partial charge in [0.1, 0.15) is 6.04 Å². The van der Waals surface area contributed by atoms with E-state index in [1.54, 1.807) is 7.05 Å². The van der Waals surface area contributed by atoms with Gasteiger partial charge in [-0.1, -0.05) is 43.7 Å². The number of esters is 1. The highest BCUT2D eigenvalue weighted by molar-refractivity contribution is 5.76. The Balaban J connectivity index is 0.00000121. The van der Waals surface area contributed by atoms with Crippen LogP contribution in [0.15, 0.2) is 24.3 Å². The number of nitrogens with one attached hydrogen (secondary N) is 1. The molecule has 0 heterocycles. The van der Waals surface area contributed by atoms with E-state index in [2.05, 4.69) is 5.32 Å². The highest BCUT2D eigenvalue weighted by Gasteiger charge is 2.16. The maximum absolute atomic E-state index is 11.3. The summed E-state index contributed by atoms with van der Waals surface area (Å²) in [5, 5.41) is 2.94. The van der Waals surface area contributed by atoms with Gasteiger partial charge in [-0.05, 0) is 26.0 Å². The minimum atomic E-state index is -0.266. The molecule has 0 amide bonds. The molecule has 1 N–H and O–H groups in total. The first-order valence-corrected chi connectivity index (χ1v) is 5.98. The van der Waals surface area contributed by atoms with E-state index < -0.39 is 0 Å². The molecule has 0 aliphatic carbocycles. The zero-order valence-electron chi connectivity index (χ0n) is 11.4. The molecule has 0 aliphatic rings. The van der Waals surface area contributed by atoms with Crippen LogP contribution in [-0.4, -0.2) is 26.2 Å². The lowest BCUT2D eigenvalue weighted by atomic mass is 10.0. The van der Waals surface area contributed by atoms with Crippen LogP contribution in [0.3, 0.4) is 0 Å². The third-order valence-electron chi connectivity index (χ3n) is 2.39. The molecule has 0 radical (unpaired) electrons. The average Bonchev–Trinajstić information content (AvgIpc) is 2.39. The predicted molar refractivity (Wildman–Crippen MR) is 71.1 cm³/mol. The second kappa shape index (κ2) is 8.76. The predicted octanol–water partition coefficient (Wildman–Crippen LogP) is 2.32. The Morgan fingerprint density at radius 3 is 2.24 bits per heavy atom. The largest absolute Gasteiger partial charge is 0.468 e. The number of hydrogen-bond acceptors (Lipinski definition) is 3. The smallest absolute Gasteiger partial charge is 0.323 e. The summed E-state index contributed by atoms with van der Waals surface area (Å²) in [5.74, 6) is -0.224. The summed E-state index contributed by atoms with van der Waals surface area (Å²) in [5.41, 5.74) is 2.35. The molecule has 0 aliphatic heterocycles. The summed E-state index contributed by atoms with van der Waals surface area (Å²) in [6, 6.07) is 7.88. The Bertz CT molecular complexity index is 319. The molecule has 0 saturated carbocycles. The van der Waals surface area contributed by atoms with Crippen LogP contribution < -0.4 is 5.32 Å². The molecule has 3 heteroatoms. The highest BCUT2D eigenvalue weighted by Crippen LogP contribution is 2.06. The monoisotopic (exact) mass is 237 g/mol. The van der Waals surface area contributed by atoms with Gasteiger partial charge in [-0.2, -0.15) is 0 Å². The van der Waals surface area contributed by atoms with Crippen LogP contribution in [0.5, 0.6) is 0 Å². The average molecular weight is 237 g/mol. The Morgan fingerprint density at radius 1 is 1.29 bits per heavy atom. The number of rotatable bonds is 4. The summed E-state index contributed by atoms with van der Waals surface area (Å²) in [6.45, 7) is 6.04. The minimum absolute atomic E-state index is 0.224.